The molecule has 0 spiro atoms. The molecule has 0 saturated heterocycles. The third-order valence-electron chi connectivity index (χ3n) is 4.09. The van der Waals surface area contributed by atoms with Crippen LogP contribution < -0.4 is 10.1 Å². The third-order valence-corrected chi connectivity index (χ3v) is 4.09. The molecule has 1 saturated carbocycles. The highest BCUT2D eigenvalue weighted by atomic mass is 19.1. The molecule has 2 N–H and O–H groups in total. The van der Waals surface area contributed by atoms with Crippen LogP contribution in [0.4, 0.5) is 8.78 Å². The van der Waals surface area contributed by atoms with E-state index in [9.17, 15) is 18.7 Å². The molecule has 0 aliphatic heterocycles. The van der Waals surface area contributed by atoms with E-state index in [0.29, 0.717) is 23.8 Å². The van der Waals surface area contributed by atoms with Crippen LogP contribution in [0.15, 0.2) is 42.5 Å². The molecule has 25 heavy (non-hydrogen) atoms. The number of aliphatic hydroxyl groups excluding tert-OH is 1. The maximum absolute atomic E-state index is 13.7. The number of ether oxygens (including phenoxy) is 1. The Bertz CT molecular complexity index is 742. The number of amides is 1. The largest absolute Gasteiger partial charge is 0.492 e. The maximum Gasteiger partial charge on any atom is 0.255 e. The van der Waals surface area contributed by atoms with Crippen LogP contribution in [0.2, 0.25) is 0 Å². The number of benzene rings is 2. The van der Waals surface area contributed by atoms with Gasteiger partial charge in [-0.05, 0) is 43.0 Å². The molecular formula is C19H19F2NO3. The Morgan fingerprint density at radius 3 is 2.52 bits per heavy atom. The fourth-order valence-corrected chi connectivity index (χ4v) is 2.49. The Hall–Kier alpha value is -2.47. The Balaban J connectivity index is 1.64. The van der Waals surface area contributed by atoms with Gasteiger partial charge in [0.2, 0.25) is 0 Å². The van der Waals surface area contributed by atoms with Gasteiger partial charge in [0, 0.05) is 6.54 Å². The lowest BCUT2D eigenvalue weighted by molar-refractivity contribution is 0.0907. The third kappa shape index (κ3) is 4.33. The van der Waals surface area contributed by atoms with Crippen LogP contribution in [0.1, 0.15) is 34.9 Å². The van der Waals surface area contributed by atoms with Gasteiger partial charge in [-0.2, -0.15) is 0 Å². The summed E-state index contributed by atoms with van der Waals surface area (Å²) in [6, 6.07) is 10.1. The quantitative estimate of drug-likeness (QED) is 0.809. The molecule has 3 rings (SSSR count). The predicted molar refractivity (Wildman–Crippen MR) is 88.3 cm³/mol. The van der Waals surface area contributed by atoms with Crippen molar-refractivity contribution in [3.8, 4) is 5.75 Å². The molecule has 1 fully saturated rings. The minimum Gasteiger partial charge on any atom is -0.492 e. The number of para-hydroxylation sites is 1. The first-order chi connectivity index (χ1) is 12.1. The van der Waals surface area contributed by atoms with Crippen molar-refractivity contribution in [3.05, 3.63) is 65.2 Å². The number of halogens is 2. The second-order valence-electron chi connectivity index (χ2n) is 6.11. The molecule has 0 radical (unpaired) electrons. The van der Waals surface area contributed by atoms with Crippen LogP contribution in [-0.4, -0.2) is 24.2 Å². The molecule has 2 aromatic carbocycles. The number of carbonyl (C=O) groups excluding carboxylic acids is 1. The summed E-state index contributed by atoms with van der Waals surface area (Å²) in [5.74, 6) is -1.17. The van der Waals surface area contributed by atoms with E-state index in [0.717, 1.165) is 25.0 Å². The summed E-state index contributed by atoms with van der Waals surface area (Å²) in [4.78, 5) is 12.3. The summed E-state index contributed by atoms with van der Waals surface area (Å²) in [7, 11) is 0. The summed E-state index contributed by atoms with van der Waals surface area (Å²) in [6.45, 7) is 0.251. The molecule has 0 aromatic heterocycles. The van der Waals surface area contributed by atoms with Gasteiger partial charge in [-0.1, -0.05) is 18.2 Å². The van der Waals surface area contributed by atoms with Gasteiger partial charge in [0.1, 0.15) is 23.5 Å². The SMILES string of the molecule is O=C(NCC(O)c1c(F)cccc1F)c1ccccc1OCC1CC1. The van der Waals surface area contributed by atoms with Crippen molar-refractivity contribution >= 4 is 5.91 Å². The zero-order valence-corrected chi connectivity index (χ0v) is 13.5. The fraction of sp³-hybridized carbons (Fsp3) is 0.316. The van der Waals surface area contributed by atoms with Gasteiger partial charge < -0.3 is 15.2 Å². The monoisotopic (exact) mass is 347 g/mol. The van der Waals surface area contributed by atoms with Gasteiger partial charge in [-0.3, -0.25) is 4.79 Å². The lowest BCUT2D eigenvalue weighted by atomic mass is 10.1. The van der Waals surface area contributed by atoms with Crippen LogP contribution in [0.5, 0.6) is 5.75 Å². The van der Waals surface area contributed by atoms with Crippen molar-refractivity contribution in [2.75, 3.05) is 13.2 Å². The number of hydrogen-bond acceptors (Lipinski definition) is 3. The average Bonchev–Trinajstić information content (AvgIpc) is 3.42. The summed E-state index contributed by atoms with van der Waals surface area (Å²) in [5, 5.41) is 12.5. The van der Waals surface area contributed by atoms with Gasteiger partial charge in [0.25, 0.3) is 5.91 Å². The molecule has 1 atom stereocenters. The highest BCUT2D eigenvalue weighted by molar-refractivity contribution is 5.96. The summed E-state index contributed by atoms with van der Waals surface area (Å²) < 4.78 is 33.0. The van der Waals surface area contributed by atoms with Crippen LogP contribution in [0, 0.1) is 17.6 Å². The molecule has 4 nitrogen and oxygen atoms in total. The predicted octanol–water partition coefficient (Wildman–Crippen LogP) is 3.22. The molecule has 132 valence electrons. The molecular weight excluding hydrogens is 328 g/mol. The zero-order chi connectivity index (χ0) is 17.8. The first-order valence-corrected chi connectivity index (χ1v) is 8.18. The molecule has 1 aliphatic carbocycles. The highest BCUT2D eigenvalue weighted by Gasteiger charge is 2.23. The maximum atomic E-state index is 13.7. The van der Waals surface area contributed by atoms with Gasteiger partial charge in [-0.15, -0.1) is 0 Å². The molecule has 2 aromatic rings. The van der Waals surface area contributed by atoms with E-state index < -0.39 is 29.2 Å². The van der Waals surface area contributed by atoms with E-state index in [1.165, 1.54) is 6.07 Å². The van der Waals surface area contributed by atoms with Crippen molar-refractivity contribution in [2.24, 2.45) is 5.92 Å². The smallest absolute Gasteiger partial charge is 0.255 e. The summed E-state index contributed by atoms with van der Waals surface area (Å²) in [5.41, 5.74) is -0.134. The molecule has 0 heterocycles. The lowest BCUT2D eigenvalue weighted by Gasteiger charge is -2.15. The van der Waals surface area contributed by atoms with Gasteiger partial charge >= 0.3 is 0 Å². The van der Waals surface area contributed by atoms with Crippen LogP contribution in [-0.2, 0) is 0 Å². The van der Waals surface area contributed by atoms with Crippen LogP contribution in [0.3, 0.4) is 0 Å². The van der Waals surface area contributed by atoms with Crippen LogP contribution >= 0.6 is 0 Å². The molecule has 1 aliphatic rings. The Kier molecular flexibility index (Phi) is 5.28. The van der Waals surface area contributed by atoms with E-state index in [1.54, 1.807) is 24.3 Å². The highest BCUT2D eigenvalue weighted by Crippen LogP contribution is 2.30. The average molecular weight is 347 g/mol. The van der Waals surface area contributed by atoms with Crippen molar-refractivity contribution in [1.29, 1.82) is 0 Å². The van der Waals surface area contributed by atoms with Crippen molar-refractivity contribution < 1.29 is 23.4 Å². The first-order valence-electron chi connectivity index (χ1n) is 8.18. The number of hydrogen-bond donors (Lipinski definition) is 2. The standard InChI is InChI=1S/C19H19F2NO3/c20-14-5-3-6-15(21)18(14)16(23)10-22-19(24)13-4-1-2-7-17(13)25-11-12-8-9-12/h1-7,12,16,23H,8-11H2,(H,22,24). The topological polar surface area (TPSA) is 58.6 Å². The molecule has 0 bridgehead atoms. The van der Waals surface area contributed by atoms with E-state index in [4.69, 9.17) is 4.74 Å². The molecule has 1 amide bonds. The van der Waals surface area contributed by atoms with Crippen molar-refractivity contribution in [2.45, 2.75) is 18.9 Å². The second-order valence-corrected chi connectivity index (χ2v) is 6.11. The number of aliphatic hydroxyl groups is 1. The van der Waals surface area contributed by atoms with E-state index in [1.807, 2.05) is 0 Å². The zero-order valence-electron chi connectivity index (χ0n) is 13.5. The van der Waals surface area contributed by atoms with Gasteiger partial charge in [0.15, 0.2) is 0 Å². The van der Waals surface area contributed by atoms with Gasteiger partial charge in [-0.25, -0.2) is 8.78 Å². The normalized spacial score (nSPS) is 14.8. The minimum atomic E-state index is -1.48. The lowest BCUT2D eigenvalue weighted by Crippen LogP contribution is -2.29. The molecule has 6 heteroatoms. The second kappa shape index (κ2) is 7.61. The first kappa shape index (κ1) is 17.4. The van der Waals surface area contributed by atoms with Crippen LogP contribution in [0.25, 0.3) is 0 Å². The number of rotatable bonds is 7. The van der Waals surface area contributed by atoms with E-state index >= 15 is 0 Å². The summed E-state index contributed by atoms with van der Waals surface area (Å²) >= 11 is 0. The van der Waals surface area contributed by atoms with E-state index in [2.05, 4.69) is 5.32 Å². The van der Waals surface area contributed by atoms with Gasteiger partial charge in [0.05, 0.1) is 17.7 Å². The fourth-order valence-electron chi connectivity index (χ4n) is 2.49. The summed E-state index contributed by atoms with van der Waals surface area (Å²) in [6.07, 6.45) is 0.786. The number of nitrogens with one attached hydrogen (secondary N) is 1. The van der Waals surface area contributed by atoms with Crippen molar-refractivity contribution in [3.63, 3.8) is 0 Å². The number of carbonyl (C=O) groups is 1. The Labute approximate surface area is 144 Å². The van der Waals surface area contributed by atoms with Crippen molar-refractivity contribution in [1.82, 2.24) is 5.32 Å². The molecule has 1 unspecified atom stereocenters. The Morgan fingerprint density at radius 2 is 1.84 bits per heavy atom. The van der Waals surface area contributed by atoms with E-state index in [-0.39, 0.29) is 6.54 Å². The Morgan fingerprint density at radius 1 is 1.16 bits per heavy atom. The minimum absolute atomic E-state index is 0.312.